The van der Waals surface area contributed by atoms with E-state index >= 15 is 0 Å². The number of hydrogen-bond acceptors (Lipinski definition) is 12. The van der Waals surface area contributed by atoms with Gasteiger partial charge in [0.1, 0.15) is 12.0 Å². The number of aromatic amines is 1. The summed E-state index contributed by atoms with van der Waals surface area (Å²) in [6.07, 6.45) is 2.93. The molecule has 0 bridgehead atoms. The molecule has 3 aromatic heterocycles. The molecule has 2 aliphatic heterocycles. The monoisotopic (exact) mass is 534 g/mol. The molecule has 38 heavy (non-hydrogen) atoms. The molecular weight excluding hydrogens is 504 g/mol. The fourth-order valence-electron chi connectivity index (χ4n) is 4.68. The molecule has 2 aliphatic rings. The van der Waals surface area contributed by atoms with E-state index in [2.05, 4.69) is 15.0 Å². The number of nitrogens with one attached hydrogen (secondary N) is 1. The van der Waals surface area contributed by atoms with E-state index in [4.69, 9.17) is 20.9 Å². The van der Waals surface area contributed by atoms with E-state index in [1.165, 1.54) is 4.40 Å². The van der Waals surface area contributed by atoms with Crippen LogP contribution in [0, 0.1) is 10.1 Å². The van der Waals surface area contributed by atoms with Crippen LogP contribution < -0.4 is 22.7 Å². The van der Waals surface area contributed by atoms with Crippen molar-refractivity contribution in [2.75, 3.05) is 11.5 Å². The Morgan fingerprint density at radius 3 is 2.37 bits per heavy atom. The van der Waals surface area contributed by atoms with Crippen LogP contribution >= 0.6 is 0 Å². The first kappa shape index (κ1) is 27.2. The minimum atomic E-state index is -0.850. The number of ether oxygens (including phenoxy) is 2. The SMILES string of the molecule is CC[C@H]1O[C@@H](c2cc([N+](=O)[O-])c(=O)[nH]c2N)C[C@H]1O.CC[C@H]1O[C@@H](n2ccn3c(N)nc(=O)nc23)C[C@H]1O. The summed E-state index contributed by atoms with van der Waals surface area (Å²) in [7, 11) is 0. The van der Waals surface area contributed by atoms with Gasteiger partial charge in [-0.3, -0.25) is 23.9 Å². The third kappa shape index (κ3) is 5.24. The number of aliphatic hydroxyl groups excluding tert-OH is 2. The van der Waals surface area contributed by atoms with E-state index in [9.17, 15) is 29.9 Å². The number of nitrogen functional groups attached to an aromatic ring is 2. The lowest BCUT2D eigenvalue weighted by molar-refractivity contribution is -0.386. The summed E-state index contributed by atoms with van der Waals surface area (Å²) in [5.74, 6) is 0.482. The third-order valence-corrected chi connectivity index (χ3v) is 6.65. The van der Waals surface area contributed by atoms with E-state index in [1.54, 1.807) is 17.0 Å². The first-order valence-electron chi connectivity index (χ1n) is 12.1. The van der Waals surface area contributed by atoms with Crippen LogP contribution in [0.5, 0.6) is 0 Å². The molecular formula is C22H30N8O8. The standard InChI is InChI=1S/C11H15N5O3.C11H15N3O5/c1-2-7-6(17)5-8(19-7)15-3-4-16-9(12)13-10(18)14-11(15)16;1-2-8-7(15)4-9(19-8)5-3-6(14(17)18)11(16)13-10(5)12/h3-4,6-8,17H,2,5H2,1H3,(H2,12,13,18);3,7-9,15H,2,4H2,1H3,(H3,12,13,16)/t6-,7-,8-;7-,8-,9-/m11/s1. The van der Waals surface area contributed by atoms with Gasteiger partial charge in [-0.2, -0.15) is 9.97 Å². The van der Waals surface area contributed by atoms with Gasteiger partial charge in [0.15, 0.2) is 0 Å². The highest BCUT2D eigenvalue weighted by Gasteiger charge is 2.36. The van der Waals surface area contributed by atoms with Crippen molar-refractivity contribution in [3.63, 3.8) is 0 Å². The van der Waals surface area contributed by atoms with Crippen LogP contribution in [0.2, 0.25) is 0 Å². The predicted molar refractivity (Wildman–Crippen MR) is 133 cm³/mol. The molecule has 6 atom stereocenters. The Labute approximate surface area is 215 Å². The highest BCUT2D eigenvalue weighted by molar-refractivity contribution is 5.47. The number of aromatic nitrogens is 5. The van der Waals surface area contributed by atoms with Gasteiger partial charge in [-0.15, -0.1) is 0 Å². The van der Waals surface area contributed by atoms with Crippen molar-refractivity contribution in [1.82, 2.24) is 23.9 Å². The second-order valence-electron chi connectivity index (χ2n) is 9.06. The fourth-order valence-corrected chi connectivity index (χ4v) is 4.68. The summed E-state index contributed by atoms with van der Waals surface area (Å²) in [6.45, 7) is 3.82. The van der Waals surface area contributed by atoms with Gasteiger partial charge in [-0.25, -0.2) is 4.79 Å². The maximum Gasteiger partial charge on any atom is 0.373 e. The second-order valence-corrected chi connectivity index (χ2v) is 9.06. The van der Waals surface area contributed by atoms with Crippen molar-refractivity contribution in [2.45, 2.75) is 76.3 Å². The van der Waals surface area contributed by atoms with Crippen molar-refractivity contribution >= 4 is 23.2 Å². The van der Waals surface area contributed by atoms with Crippen LogP contribution in [0.4, 0.5) is 17.5 Å². The molecule has 5 rings (SSSR count). The summed E-state index contributed by atoms with van der Waals surface area (Å²) in [6, 6.07) is 1.11. The molecule has 2 fully saturated rings. The van der Waals surface area contributed by atoms with Gasteiger partial charge in [0.05, 0.1) is 35.4 Å². The van der Waals surface area contributed by atoms with Crippen molar-refractivity contribution in [2.24, 2.45) is 0 Å². The van der Waals surface area contributed by atoms with E-state index in [1.807, 2.05) is 13.8 Å². The Balaban J connectivity index is 0.000000177. The van der Waals surface area contributed by atoms with E-state index < -0.39 is 40.2 Å². The second kappa shape index (κ2) is 10.9. The molecule has 0 aromatic carbocycles. The van der Waals surface area contributed by atoms with Gasteiger partial charge in [-0.1, -0.05) is 13.8 Å². The highest BCUT2D eigenvalue weighted by Crippen LogP contribution is 2.36. The molecule has 2 saturated heterocycles. The quantitative estimate of drug-likeness (QED) is 0.215. The smallest absolute Gasteiger partial charge is 0.373 e. The zero-order valence-electron chi connectivity index (χ0n) is 20.8. The van der Waals surface area contributed by atoms with Gasteiger partial charge < -0.3 is 36.1 Å². The Bertz CT molecular complexity index is 1430. The molecule has 0 unspecified atom stereocenters. The summed E-state index contributed by atoms with van der Waals surface area (Å²) in [4.78, 5) is 42.3. The van der Waals surface area contributed by atoms with Crippen LogP contribution in [-0.2, 0) is 9.47 Å². The lowest BCUT2D eigenvalue weighted by Gasteiger charge is -2.14. The normalized spacial score (nSPS) is 26.8. The topological polar surface area (TPSA) is 239 Å². The number of imidazole rings is 1. The molecule has 0 saturated carbocycles. The van der Waals surface area contributed by atoms with Crippen molar-refractivity contribution < 1.29 is 24.6 Å². The molecule has 3 aromatic rings. The van der Waals surface area contributed by atoms with Crippen LogP contribution in [0.25, 0.3) is 5.78 Å². The number of H-pyrrole nitrogens is 1. The maximum atomic E-state index is 11.4. The van der Waals surface area contributed by atoms with Crippen LogP contribution in [-0.4, -0.2) is 63.5 Å². The third-order valence-electron chi connectivity index (χ3n) is 6.65. The van der Waals surface area contributed by atoms with Crippen LogP contribution in [0.15, 0.2) is 28.0 Å². The van der Waals surface area contributed by atoms with Crippen molar-refractivity contribution in [3.05, 3.63) is 55.0 Å². The van der Waals surface area contributed by atoms with E-state index in [0.717, 1.165) is 12.5 Å². The number of nitro groups is 1. The van der Waals surface area contributed by atoms with Crippen molar-refractivity contribution in [3.8, 4) is 0 Å². The van der Waals surface area contributed by atoms with Crippen LogP contribution in [0.3, 0.4) is 0 Å². The zero-order valence-corrected chi connectivity index (χ0v) is 20.8. The number of rotatable bonds is 5. The summed E-state index contributed by atoms with van der Waals surface area (Å²) in [5, 5.41) is 30.4. The van der Waals surface area contributed by atoms with E-state index in [-0.39, 0.29) is 30.2 Å². The number of fused-ring (bicyclic) bond motifs is 1. The molecule has 16 nitrogen and oxygen atoms in total. The summed E-state index contributed by atoms with van der Waals surface area (Å²) >= 11 is 0. The summed E-state index contributed by atoms with van der Waals surface area (Å²) < 4.78 is 14.5. The molecule has 0 amide bonds. The fraction of sp³-hybridized carbons (Fsp3) is 0.545. The molecule has 0 spiro atoms. The van der Waals surface area contributed by atoms with Gasteiger partial charge >= 0.3 is 16.9 Å². The summed E-state index contributed by atoms with van der Waals surface area (Å²) in [5.41, 5.74) is 9.59. The Kier molecular flexibility index (Phi) is 7.77. The molecule has 7 N–H and O–H groups in total. The number of pyridine rings is 1. The van der Waals surface area contributed by atoms with Gasteiger partial charge in [-0.05, 0) is 12.8 Å². The molecule has 0 radical (unpaired) electrons. The number of anilines is 2. The van der Waals surface area contributed by atoms with Gasteiger partial charge in [0.2, 0.25) is 11.7 Å². The van der Waals surface area contributed by atoms with Gasteiger partial charge in [0, 0.05) is 36.9 Å². The molecule has 206 valence electrons. The molecule has 16 heteroatoms. The largest absolute Gasteiger partial charge is 0.390 e. The lowest BCUT2D eigenvalue weighted by atomic mass is 10.0. The maximum absolute atomic E-state index is 11.4. The number of nitrogens with two attached hydrogens (primary N) is 2. The zero-order chi connectivity index (χ0) is 27.7. The molecule has 5 heterocycles. The first-order valence-corrected chi connectivity index (χ1v) is 12.1. The highest BCUT2D eigenvalue weighted by atomic mass is 16.6. The van der Waals surface area contributed by atoms with E-state index in [0.29, 0.717) is 30.6 Å². The molecule has 0 aliphatic carbocycles. The Morgan fingerprint density at radius 1 is 1.11 bits per heavy atom. The van der Waals surface area contributed by atoms with Crippen LogP contribution in [0.1, 0.15) is 57.4 Å². The first-order chi connectivity index (χ1) is 18.0. The lowest BCUT2D eigenvalue weighted by Crippen LogP contribution is -2.19. The minimum absolute atomic E-state index is 0.0320. The Morgan fingerprint density at radius 2 is 1.76 bits per heavy atom. The van der Waals surface area contributed by atoms with Gasteiger partial charge in [0.25, 0.3) is 0 Å². The number of hydrogen-bond donors (Lipinski definition) is 5. The van der Waals surface area contributed by atoms with Crippen molar-refractivity contribution in [1.29, 1.82) is 0 Å². The Hall–Kier alpha value is -3.86. The number of aliphatic hydroxyl groups is 2. The average molecular weight is 535 g/mol. The number of nitrogens with zero attached hydrogens (tertiary/aromatic N) is 5. The predicted octanol–water partition coefficient (Wildman–Crippen LogP) is -0.00220. The average Bonchev–Trinajstić information content (AvgIpc) is 3.55. The minimum Gasteiger partial charge on any atom is -0.390 e.